The number of halogens is 1. The van der Waals surface area contributed by atoms with Gasteiger partial charge in [-0.15, -0.1) is 11.8 Å². The van der Waals surface area contributed by atoms with E-state index >= 15 is 0 Å². The van der Waals surface area contributed by atoms with Gasteiger partial charge in [-0.3, -0.25) is 0 Å². The Balaban J connectivity index is 2.45. The lowest BCUT2D eigenvalue weighted by atomic mass is 10.2. The van der Waals surface area contributed by atoms with Gasteiger partial charge in [0.1, 0.15) is 5.82 Å². The predicted molar refractivity (Wildman–Crippen MR) is 74.0 cm³/mol. The third-order valence-corrected chi connectivity index (χ3v) is 3.57. The van der Waals surface area contributed by atoms with Crippen LogP contribution in [0.3, 0.4) is 0 Å². The van der Waals surface area contributed by atoms with E-state index < -0.39 is 0 Å². The molecule has 0 bridgehead atoms. The number of benzene rings is 1. The standard InChI is InChI=1S/C14H20FNS/c1-4-9-16-14(11(2)3)10-17-13-7-5-12(15)6-8-13/h5-8,14,16H,2,4,9-10H2,1,3H3. The van der Waals surface area contributed by atoms with Gasteiger partial charge in [0.15, 0.2) is 0 Å². The first kappa shape index (κ1) is 14.3. The molecule has 17 heavy (non-hydrogen) atoms. The van der Waals surface area contributed by atoms with Gasteiger partial charge in [-0.2, -0.15) is 0 Å². The second-order valence-electron chi connectivity index (χ2n) is 4.12. The molecule has 0 heterocycles. The quantitative estimate of drug-likeness (QED) is 0.585. The third-order valence-electron chi connectivity index (χ3n) is 2.47. The molecule has 1 nitrogen and oxygen atoms in total. The Bertz CT molecular complexity index is 348. The molecule has 0 saturated carbocycles. The van der Waals surface area contributed by atoms with Gasteiger partial charge in [0, 0.05) is 16.7 Å². The molecule has 0 amide bonds. The van der Waals surface area contributed by atoms with Crippen LogP contribution < -0.4 is 5.32 Å². The molecular weight excluding hydrogens is 233 g/mol. The summed E-state index contributed by atoms with van der Waals surface area (Å²) in [7, 11) is 0. The van der Waals surface area contributed by atoms with Crippen molar-refractivity contribution in [1.29, 1.82) is 0 Å². The zero-order valence-electron chi connectivity index (χ0n) is 10.5. The lowest BCUT2D eigenvalue weighted by Crippen LogP contribution is -2.32. The number of nitrogens with one attached hydrogen (secondary N) is 1. The van der Waals surface area contributed by atoms with Crippen LogP contribution in [0.1, 0.15) is 20.3 Å². The topological polar surface area (TPSA) is 12.0 Å². The monoisotopic (exact) mass is 253 g/mol. The Morgan fingerprint density at radius 1 is 1.41 bits per heavy atom. The molecule has 1 aromatic rings. The van der Waals surface area contributed by atoms with E-state index in [1.807, 2.05) is 19.1 Å². The zero-order chi connectivity index (χ0) is 12.7. The Kier molecular flexibility index (Phi) is 6.30. The van der Waals surface area contributed by atoms with Crippen LogP contribution in [0.4, 0.5) is 4.39 Å². The average Bonchev–Trinajstić information content (AvgIpc) is 2.31. The van der Waals surface area contributed by atoms with Crippen LogP contribution in [0, 0.1) is 5.82 Å². The summed E-state index contributed by atoms with van der Waals surface area (Å²) in [5.41, 5.74) is 1.15. The molecule has 0 fully saturated rings. The highest BCUT2D eigenvalue weighted by molar-refractivity contribution is 7.99. The van der Waals surface area contributed by atoms with Crippen molar-refractivity contribution in [2.75, 3.05) is 12.3 Å². The summed E-state index contributed by atoms with van der Waals surface area (Å²) >= 11 is 1.73. The average molecular weight is 253 g/mol. The van der Waals surface area contributed by atoms with Crippen LogP contribution >= 0.6 is 11.8 Å². The molecule has 1 rings (SSSR count). The largest absolute Gasteiger partial charge is 0.310 e. The SMILES string of the molecule is C=C(C)C(CSc1ccc(F)cc1)NCCC. The van der Waals surface area contributed by atoms with Gasteiger partial charge in [0.25, 0.3) is 0 Å². The molecule has 0 aliphatic carbocycles. The van der Waals surface area contributed by atoms with Crippen molar-refractivity contribution >= 4 is 11.8 Å². The minimum atomic E-state index is -0.185. The fraction of sp³-hybridized carbons (Fsp3) is 0.429. The van der Waals surface area contributed by atoms with Crippen LogP contribution in [0.2, 0.25) is 0 Å². The van der Waals surface area contributed by atoms with Crippen LogP contribution in [0.25, 0.3) is 0 Å². The minimum absolute atomic E-state index is 0.185. The number of hydrogen-bond donors (Lipinski definition) is 1. The molecular formula is C14H20FNS. The van der Waals surface area contributed by atoms with Crippen molar-refractivity contribution < 1.29 is 4.39 Å². The predicted octanol–water partition coefficient (Wildman–Crippen LogP) is 3.86. The molecule has 0 aliphatic rings. The van der Waals surface area contributed by atoms with E-state index in [-0.39, 0.29) is 5.82 Å². The Morgan fingerprint density at radius 3 is 2.59 bits per heavy atom. The van der Waals surface area contributed by atoms with Gasteiger partial charge in [0.05, 0.1) is 0 Å². The number of rotatable bonds is 7. The zero-order valence-corrected chi connectivity index (χ0v) is 11.3. The van der Waals surface area contributed by atoms with E-state index in [2.05, 4.69) is 18.8 Å². The molecule has 0 spiro atoms. The van der Waals surface area contributed by atoms with E-state index in [4.69, 9.17) is 0 Å². The highest BCUT2D eigenvalue weighted by atomic mass is 32.2. The summed E-state index contributed by atoms with van der Waals surface area (Å²) in [4.78, 5) is 1.09. The summed E-state index contributed by atoms with van der Waals surface area (Å²) in [6.45, 7) is 9.19. The maximum absolute atomic E-state index is 12.7. The number of thioether (sulfide) groups is 1. The summed E-state index contributed by atoms with van der Waals surface area (Å²) in [6.07, 6.45) is 1.12. The van der Waals surface area contributed by atoms with E-state index in [9.17, 15) is 4.39 Å². The highest BCUT2D eigenvalue weighted by Crippen LogP contribution is 2.20. The lowest BCUT2D eigenvalue weighted by molar-refractivity contribution is 0.609. The van der Waals surface area contributed by atoms with Crippen molar-refractivity contribution in [3.05, 3.63) is 42.2 Å². The van der Waals surface area contributed by atoms with Crippen molar-refractivity contribution in [3.63, 3.8) is 0 Å². The van der Waals surface area contributed by atoms with Gasteiger partial charge in [-0.25, -0.2) is 4.39 Å². The Morgan fingerprint density at radius 2 is 2.06 bits per heavy atom. The molecule has 94 valence electrons. The normalized spacial score (nSPS) is 12.4. The van der Waals surface area contributed by atoms with Crippen molar-refractivity contribution in [2.45, 2.75) is 31.2 Å². The van der Waals surface area contributed by atoms with Crippen LogP contribution in [-0.4, -0.2) is 18.3 Å². The van der Waals surface area contributed by atoms with Crippen molar-refractivity contribution in [2.24, 2.45) is 0 Å². The van der Waals surface area contributed by atoms with Crippen LogP contribution in [0.15, 0.2) is 41.3 Å². The molecule has 1 unspecified atom stereocenters. The first-order valence-electron chi connectivity index (χ1n) is 5.90. The van der Waals surface area contributed by atoms with Gasteiger partial charge >= 0.3 is 0 Å². The Hall–Kier alpha value is -0.800. The fourth-order valence-corrected chi connectivity index (χ4v) is 2.49. The highest BCUT2D eigenvalue weighted by Gasteiger charge is 2.08. The van der Waals surface area contributed by atoms with Gasteiger partial charge < -0.3 is 5.32 Å². The Labute approximate surface area is 107 Å². The molecule has 0 radical (unpaired) electrons. The molecule has 0 saturated heterocycles. The summed E-state index contributed by atoms with van der Waals surface area (Å²) in [5, 5.41) is 3.46. The molecule has 0 aromatic heterocycles. The summed E-state index contributed by atoms with van der Waals surface area (Å²) in [6, 6.07) is 6.95. The minimum Gasteiger partial charge on any atom is -0.310 e. The number of hydrogen-bond acceptors (Lipinski definition) is 2. The maximum atomic E-state index is 12.7. The van der Waals surface area contributed by atoms with Crippen molar-refractivity contribution in [3.8, 4) is 0 Å². The second kappa shape index (κ2) is 7.51. The van der Waals surface area contributed by atoms with Gasteiger partial charge in [-0.1, -0.05) is 19.1 Å². The first-order valence-corrected chi connectivity index (χ1v) is 6.89. The molecule has 0 aliphatic heterocycles. The summed E-state index contributed by atoms with van der Waals surface area (Å²) in [5.74, 6) is 0.746. The van der Waals surface area contributed by atoms with E-state index in [0.29, 0.717) is 6.04 Å². The van der Waals surface area contributed by atoms with E-state index in [1.54, 1.807) is 11.8 Å². The van der Waals surface area contributed by atoms with Gasteiger partial charge in [0.2, 0.25) is 0 Å². The second-order valence-corrected chi connectivity index (χ2v) is 5.21. The van der Waals surface area contributed by atoms with Crippen LogP contribution in [-0.2, 0) is 0 Å². The summed E-state index contributed by atoms with van der Waals surface area (Å²) < 4.78 is 12.7. The fourth-order valence-electron chi connectivity index (χ4n) is 1.40. The maximum Gasteiger partial charge on any atom is 0.123 e. The third kappa shape index (κ3) is 5.37. The molecule has 3 heteroatoms. The molecule has 1 aromatic carbocycles. The lowest BCUT2D eigenvalue weighted by Gasteiger charge is -2.18. The molecule has 1 atom stereocenters. The van der Waals surface area contributed by atoms with Crippen LogP contribution in [0.5, 0.6) is 0 Å². The first-order chi connectivity index (χ1) is 8.13. The van der Waals surface area contributed by atoms with Crippen molar-refractivity contribution in [1.82, 2.24) is 5.32 Å². The smallest absolute Gasteiger partial charge is 0.123 e. The van der Waals surface area contributed by atoms with E-state index in [0.717, 1.165) is 29.2 Å². The molecule has 1 N–H and O–H groups in total. The van der Waals surface area contributed by atoms with Gasteiger partial charge in [-0.05, 0) is 44.2 Å². The van der Waals surface area contributed by atoms with E-state index in [1.165, 1.54) is 12.1 Å².